The smallest absolute Gasteiger partial charge is 0.123 e. The van der Waals surface area contributed by atoms with E-state index in [0.717, 1.165) is 18.5 Å². The van der Waals surface area contributed by atoms with E-state index in [1.807, 2.05) is 13.0 Å². The van der Waals surface area contributed by atoms with Crippen LogP contribution in [-0.2, 0) is 0 Å². The lowest BCUT2D eigenvalue weighted by Crippen LogP contribution is -2.47. The van der Waals surface area contributed by atoms with Crippen molar-refractivity contribution < 1.29 is 4.39 Å². The van der Waals surface area contributed by atoms with Gasteiger partial charge in [-0.05, 0) is 62.4 Å². The monoisotopic (exact) mass is 248 g/mol. The molecule has 1 aliphatic heterocycles. The molecule has 0 bridgehead atoms. The van der Waals surface area contributed by atoms with E-state index in [4.69, 9.17) is 5.73 Å². The number of nitrogens with zero attached hydrogens (tertiary/aromatic N) is 1. The van der Waals surface area contributed by atoms with Crippen LogP contribution in [-0.4, -0.2) is 23.5 Å². The first-order valence-corrected chi connectivity index (χ1v) is 6.94. The van der Waals surface area contributed by atoms with Gasteiger partial charge in [0, 0.05) is 12.1 Å². The number of likely N-dealkylation sites (tertiary alicyclic amines) is 1. The summed E-state index contributed by atoms with van der Waals surface area (Å²) >= 11 is 0. The number of nitrogens with two attached hydrogens (primary N) is 1. The number of benzene rings is 1. The molecule has 2 fully saturated rings. The Kier molecular flexibility index (Phi) is 3.12. The molecule has 18 heavy (non-hydrogen) atoms. The topological polar surface area (TPSA) is 29.3 Å². The second kappa shape index (κ2) is 4.63. The highest BCUT2D eigenvalue weighted by atomic mass is 19.1. The molecule has 98 valence electrons. The van der Waals surface area contributed by atoms with Gasteiger partial charge in [-0.15, -0.1) is 0 Å². The van der Waals surface area contributed by atoms with Crippen molar-refractivity contribution in [1.29, 1.82) is 0 Å². The molecule has 2 aliphatic rings. The molecule has 3 heteroatoms. The molecule has 0 aromatic heterocycles. The lowest BCUT2D eigenvalue weighted by Gasteiger charge is -2.41. The van der Waals surface area contributed by atoms with Crippen LogP contribution in [0.15, 0.2) is 18.2 Å². The summed E-state index contributed by atoms with van der Waals surface area (Å²) in [5, 5.41) is 0. The van der Waals surface area contributed by atoms with E-state index in [1.54, 1.807) is 12.1 Å². The average Bonchev–Trinajstić information content (AvgIpc) is 3.14. The van der Waals surface area contributed by atoms with E-state index in [0.29, 0.717) is 6.04 Å². The number of hydrogen-bond donors (Lipinski definition) is 1. The van der Waals surface area contributed by atoms with Crippen molar-refractivity contribution in [3.63, 3.8) is 0 Å². The Morgan fingerprint density at radius 3 is 2.72 bits per heavy atom. The van der Waals surface area contributed by atoms with E-state index in [-0.39, 0.29) is 17.9 Å². The van der Waals surface area contributed by atoms with E-state index in [9.17, 15) is 4.39 Å². The highest BCUT2D eigenvalue weighted by Gasteiger charge is 2.39. The van der Waals surface area contributed by atoms with Crippen molar-refractivity contribution in [2.24, 2.45) is 5.73 Å². The van der Waals surface area contributed by atoms with Gasteiger partial charge in [0.25, 0.3) is 0 Å². The number of hydrogen-bond acceptors (Lipinski definition) is 2. The largest absolute Gasteiger partial charge is 0.326 e. The molecule has 2 N–H and O–H groups in total. The lowest BCUT2D eigenvalue weighted by molar-refractivity contribution is 0.119. The molecule has 0 amide bonds. The molecular weight excluding hydrogens is 227 g/mol. The van der Waals surface area contributed by atoms with Gasteiger partial charge in [0.15, 0.2) is 0 Å². The molecular formula is C15H21FN2. The Morgan fingerprint density at radius 2 is 2.06 bits per heavy atom. The molecule has 2 atom stereocenters. The maximum absolute atomic E-state index is 13.2. The Hall–Kier alpha value is -0.930. The van der Waals surface area contributed by atoms with Gasteiger partial charge in [-0.3, -0.25) is 4.90 Å². The van der Waals surface area contributed by atoms with Crippen LogP contribution >= 0.6 is 0 Å². The summed E-state index contributed by atoms with van der Waals surface area (Å²) < 4.78 is 13.2. The molecule has 0 spiro atoms. The number of piperidine rings is 1. The maximum Gasteiger partial charge on any atom is 0.123 e. The van der Waals surface area contributed by atoms with Crippen molar-refractivity contribution in [1.82, 2.24) is 4.90 Å². The highest BCUT2D eigenvalue weighted by molar-refractivity contribution is 5.31. The van der Waals surface area contributed by atoms with E-state index in [1.165, 1.54) is 24.8 Å². The van der Waals surface area contributed by atoms with Gasteiger partial charge < -0.3 is 5.73 Å². The normalized spacial score (nSPS) is 29.5. The quantitative estimate of drug-likeness (QED) is 0.872. The Labute approximate surface area is 108 Å². The van der Waals surface area contributed by atoms with Crippen molar-refractivity contribution in [3.8, 4) is 0 Å². The summed E-state index contributed by atoms with van der Waals surface area (Å²) in [4.78, 5) is 2.55. The fraction of sp³-hybridized carbons (Fsp3) is 0.600. The summed E-state index contributed by atoms with van der Waals surface area (Å²) in [5.74, 6) is -0.154. The maximum atomic E-state index is 13.2. The van der Waals surface area contributed by atoms with E-state index in [2.05, 4.69) is 4.90 Å². The molecule has 2 nitrogen and oxygen atoms in total. The first kappa shape index (κ1) is 12.1. The minimum Gasteiger partial charge on any atom is -0.326 e. The Bertz CT molecular complexity index is 442. The van der Waals surface area contributed by atoms with E-state index >= 15 is 0 Å². The summed E-state index contributed by atoms with van der Waals surface area (Å²) in [6.07, 6.45) is 4.85. The van der Waals surface area contributed by atoms with Crippen molar-refractivity contribution in [2.75, 3.05) is 6.54 Å². The van der Waals surface area contributed by atoms with Crippen LogP contribution in [0, 0.1) is 12.7 Å². The first-order chi connectivity index (χ1) is 8.66. The Balaban J connectivity index is 1.94. The third-order valence-electron chi connectivity index (χ3n) is 4.28. The minimum absolute atomic E-state index is 0.154. The summed E-state index contributed by atoms with van der Waals surface area (Å²) in [6, 6.07) is 6.30. The van der Waals surface area contributed by atoms with Gasteiger partial charge in [0.1, 0.15) is 5.82 Å². The first-order valence-electron chi connectivity index (χ1n) is 6.94. The van der Waals surface area contributed by atoms with Gasteiger partial charge in [0.2, 0.25) is 0 Å². The molecule has 1 saturated carbocycles. The average molecular weight is 248 g/mol. The van der Waals surface area contributed by atoms with E-state index < -0.39 is 0 Å². The molecule has 0 radical (unpaired) electrons. The summed E-state index contributed by atoms with van der Waals surface area (Å²) in [6.45, 7) is 3.13. The number of rotatable bonds is 2. The zero-order valence-corrected chi connectivity index (χ0v) is 10.9. The summed E-state index contributed by atoms with van der Waals surface area (Å²) in [5.41, 5.74) is 8.59. The fourth-order valence-corrected chi connectivity index (χ4v) is 3.25. The molecule has 1 heterocycles. The molecule has 1 aliphatic carbocycles. The second-order valence-corrected chi connectivity index (χ2v) is 5.72. The van der Waals surface area contributed by atoms with Crippen molar-refractivity contribution in [3.05, 3.63) is 35.1 Å². The zero-order chi connectivity index (χ0) is 12.7. The molecule has 1 saturated heterocycles. The fourth-order valence-electron chi connectivity index (χ4n) is 3.25. The van der Waals surface area contributed by atoms with Gasteiger partial charge >= 0.3 is 0 Å². The van der Waals surface area contributed by atoms with Gasteiger partial charge in [0.05, 0.1) is 6.04 Å². The molecule has 2 unspecified atom stereocenters. The van der Waals surface area contributed by atoms with Crippen molar-refractivity contribution in [2.45, 2.75) is 50.7 Å². The van der Waals surface area contributed by atoms with Gasteiger partial charge in [-0.25, -0.2) is 4.39 Å². The molecule has 3 rings (SSSR count). The van der Waals surface area contributed by atoms with Crippen LogP contribution < -0.4 is 5.73 Å². The predicted molar refractivity (Wildman–Crippen MR) is 70.8 cm³/mol. The lowest BCUT2D eigenvalue weighted by atomic mass is 9.88. The predicted octanol–water partition coefficient (Wildman–Crippen LogP) is 2.76. The zero-order valence-electron chi connectivity index (χ0n) is 10.9. The number of halogens is 1. The van der Waals surface area contributed by atoms with Crippen molar-refractivity contribution >= 4 is 0 Å². The van der Waals surface area contributed by atoms with Crippen LogP contribution in [0.4, 0.5) is 4.39 Å². The third kappa shape index (κ3) is 2.17. The number of aryl methyl sites for hydroxylation is 1. The van der Waals surface area contributed by atoms with Gasteiger partial charge in [-0.1, -0.05) is 6.07 Å². The third-order valence-corrected chi connectivity index (χ3v) is 4.28. The minimum atomic E-state index is -0.154. The SMILES string of the molecule is Cc1cc(F)ccc1C1C(N)CCCN1C1CC1. The molecule has 1 aromatic carbocycles. The van der Waals surface area contributed by atoms with Crippen LogP contribution in [0.5, 0.6) is 0 Å². The summed E-state index contributed by atoms with van der Waals surface area (Å²) in [7, 11) is 0. The van der Waals surface area contributed by atoms with Crippen LogP contribution in [0.2, 0.25) is 0 Å². The standard InChI is InChI=1S/C15H21FN2/c1-10-9-11(16)4-7-13(10)15-14(17)3-2-8-18(15)12-5-6-12/h4,7,9,12,14-15H,2-3,5-6,8,17H2,1H3. The van der Waals surface area contributed by atoms with Crippen LogP contribution in [0.25, 0.3) is 0 Å². The molecule has 1 aromatic rings. The van der Waals surface area contributed by atoms with Crippen LogP contribution in [0.1, 0.15) is 42.9 Å². The second-order valence-electron chi connectivity index (χ2n) is 5.72. The van der Waals surface area contributed by atoms with Gasteiger partial charge in [-0.2, -0.15) is 0 Å². The highest BCUT2D eigenvalue weighted by Crippen LogP contribution is 2.40. The Morgan fingerprint density at radius 1 is 1.28 bits per heavy atom. The van der Waals surface area contributed by atoms with Crippen LogP contribution in [0.3, 0.4) is 0 Å².